The van der Waals surface area contributed by atoms with Crippen LogP contribution in [0.25, 0.3) is 0 Å². The molecule has 1 aromatic carbocycles. The Morgan fingerprint density at radius 2 is 2.05 bits per heavy atom. The Balaban J connectivity index is 1.88. The second-order valence-corrected chi connectivity index (χ2v) is 4.52. The molecule has 0 atom stereocenters. The molecule has 0 aliphatic heterocycles. The van der Waals surface area contributed by atoms with Gasteiger partial charge < -0.3 is 10.1 Å². The van der Waals surface area contributed by atoms with Gasteiger partial charge in [-0.15, -0.1) is 0 Å². The zero-order chi connectivity index (χ0) is 13.8. The van der Waals surface area contributed by atoms with Crippen molar-refractivity contribution in [3.63, 3.8) is 0 Å². The lowest BCUT2D eigenvalue weighted by molar-refractivity contribution is -0.118. The van der Waals surface area contributed by atoms with E-state index in [1.807, 2.05) is 39.0 Å². The van der Waals surface area contributed by atoms with Crippen LogP contribution in [0, 0.1) is 20.8 Å². The molecule has 1 aromatic heterocycles. The summed E-state index contributed by atoms with van der Waals surface area (Å²) in [6, 6.07) is 7.50. The molecule has 2 N–H and O–H groups in total. The first-order valence-electron chi connectivity index (χ1n) is 6.06. The van der Waals surface area contributed by atoms with E-state index >= 15 is 0 Å². The first-order chi connectivity index (χ1) is 9.04. The highest BCUT2D eigenvalue weighted by Crippen LogP contribution is 2.16. The number of rotatable bonds is 4. The first-order valence-corrected chi connectivity index (χ1v) is 6.06. The third kappa shape index (κ3) is 3.58. The van der Waals surface area contributed by atoms with Gasteiger partial charge in [-0.1, -0.05) is 6.07 Å². The van der Waals surface area contributed by atoms with E-state index in [9.17, 15) is 4.79 Å². The molecule has 0 saturated heterocycles. The van der Waals surface area contributed by atoms with Gasteiger partial charge in [-0.05, 0) is 44.0 Å². The number of anilines is 1. The molecule has 1 amide bonds. The lowest BCUT2D eigenvalue weighted by Crippen LogP contribution is -2.20. The Hall–Kier alpha value is -2.30. The van der Waals surface area contributed by atoms with Gasteiger partial charge >= 0.3 is 0 Å². The second-order valence-electron chi connectivity index (χ2n) is 4.52. The molecule has 2 aromatic rings. The third-order valence-corrected chi connectivity index (χ3v) is 2.82. The largest absolute Gasteiger partial charge is 0.484 e. The van der Waals surface area contributed by atoms with E-state index in [-0.39, 0.29) is 12.5 Å². The fourth-order valence-electron chi connectivity index (χ4n) is 1.61. The van der Waals surface area contributed by atoms with Gasteiger partial charge in [-0.3, -0.25) is 9.89 Å². The Bertz CT molecular complexity index is 590. The molecule has 2 rings (SSSR count). The maximum atomic E-state index is 11.7. The molecule has 100 valence electrons. The van der Waals surface area contributed by atoms with Gasteiger partial charge in [-0.25, -0.2) is 0 Å². The number of aryl methyl sites for hydroxylation is 3. The summed E-state index contributed by atoms with van der Waals surface area (Å²) in [6.45, 7) is 5.88. The van der Waals surface area contributed by atoms with Crippen LogP contribution in [-0.4, -0.2) is 22.7 Å². The molecule has 0 fully saturated rings. The number of carbonyl (C=O) groups excluding carboxylic acids is 1. The minimum Gasteiger partial charge on any atom is -0.484 e. The van der Waals surface area contributed by atoms with Crippen molar-refractivity contribution in [3.8, 4) is 5.75 Å². The van der Waals surface area contributed by atoms with Crippen molar-refractivity contribution < 1.29 is 9.53 Å². The summed E-state index contributed by atoms with van der Waals surface area (Å²) in [5, 5.41) is 9.33. The number of benzene rings is 1. The van der Waals surface area contributed by atoms with Crippen molar-refractivity contribution in [1.82, 2.24) is 10.2 Å². The van der Waals surface area contributed by atoms with Crippen LogP contribution in [0.3, 0.4) is 0 Å². The van der Waals surface area contributed by atoms with E-state index in [2.05, 4.69) is 15.5 Å². The number of aromatic nitrogens is 2. The van der Waals surface area contributed by atoms with Crippen LogP contribution in [0.4, 0.5) is 5.82 Å². The van der Waals surface area contributed by atoms with Crippen LogP contribution in [0.5, 0.6) is 5.75 Å². The van der Waals surface area contributed by atoms with E-state index in [1.54, 1.807) is 6.07 Å². The lowest BCUT2D eigenvalue weighted by Gasteiger charge is -2.07. The van der Waals surface area contributed by atoms with E-state index in [0.717, 1.165) is 11.3 Å². The minimum absolute atomic E-state index is 0.0333. The van der Waals surface area contributed by atoms with Crippen molar-refractivity contribution in [2.24, 2.45) is 0 Å². The van der Waals surface area contributed by atoms with Crippen molar-refractivity contribution in [1.29, 1.82) is 0 Å². The highest BCUT2D eigenvalue weighted by Gasteiger charge is 2.06. The summed E-state index contributed by atoms with van der Waals surface area (Å²) in [5.41, 5.74) is 3.23. The predicted octanol–water partition coefficient (Wildman–Crippen LogP) is 2.35. The van der Waals surface area contributed by atoms with Crippen LogP contribution in [-0.2, 0) is 4.79 Å². The zero-order valence-electron chi connectivity index (χ0n) is 11.3. The number of amides is 1. The van der Waals surface area contributed by atoms with E-state index in [1.165, 1.54) is 5.56 Å². The van der Waals surface area contributed by atoms with Gasteiger partial charge in [-0.2, -0.15) is 5.10 Å². The van der Waals surface area contributed by atoms with Gasteiger partial charge in [0.05, 0.1) is 0 Å². The SMILES string of the molecule is Cc1cc(NC(=O)COc2ccc(C)c(C)c2)n[nH]1. The Labute approximate surface area is 112 Å². The Morgan fingerprint density at radius 3 is 2.68 bits per heavy atom. The topological polar surface area (TPSA) is 67.0 Å². The number of nitrogens with one attached hydrogen (secondary N) is 2. The maximum absolute atomic E-state index is 11.7. The molecule has 0 radical (unpaired) electrons. The summed E-state index contributed by atoms with van der Waals surface area (Å²) >= 11 is 0. The molecule has 19 heavy (non-hydrogen) atoms. The van der Waals surface area contributed by atoms with E-state index < -0.39 is 0 Å². The van der Waals surface area contributed by atoms with E-state index in [4.69, 9.17) is 4.74 Å². The molecule has 0 unspecified atom stereocenters. The smallest absolute Gasteiger partial charge is 0.263 e. The minimum atomic E-state index is -0.232. The summed E-state index contributed by atoms with van der Waals surface area (Å²) < 4.78 is 5.43. The average Bonchev–Trinajstić information content (AvgIpc) is 2.76. The highest BCUT2D eigenvalue weighted by molar-refractivity contribution is 5.90. The summed E-state index contributed by atoms with van der Waals surface area (Å²) in [4.78, 5) is 11.7. The normalized spacial score (nSPS) is 10.3. The predicted molar refractivity (Wildman–Crippen MR) is 73.4 cm³/mol. The van der Waals surface area contributed by atoms with Crippen molar-refractivity contribution >= 4 is 11.7 Å². The summed E-state index contributed by atoms with van der Waals surface area (Å²) in [7, 11) is 0. The van der Waals surface area contributed by atoms with Gasteiger partial charge in [0.25, 0.3) is 5.91 Å². The summed E-state index contributed by atoms with van der Waals surface area (Å²) in [6.07, 6.45) is 0. The highest BCUT2D eigenvalue weighted by atomic mass is 16.5. The van der Waals surface area contributed by atoms with E-state index in [0.29, 0.717) is 11.6 Å². The Kier molecular flexibility index (Phi) is 3.85. The van der Waals surface area contributed by atoms with Crippen molar-refractivity contribution in [2.45, 2.75) is 20.8 Å². The lowest BCUT2D eigenvalue weighted by atomic mass is 10.1. The number of carbonyl (C=O) groups is 1. The molecule has 1 heterocycles. The number of nitrogens with zero attached hydrogens (tertiary/aromatic N) is 1. The van der Waals surface area contributed by atoms with Crippen LogP contribution in [0.2, 0.25) is 0 Å². The fourth-order valence-corrected chi connectivity index (χ4v) is 1.61. The first kappa shape index (κ1) is 13.1. The van der Waals surface area contributed by atoms with Gasteiger partial charge in [0.1, 0.15) is 5.75 Å². The third-order valence-electron chi connectivity index (χ3n) is 2.82. The van der Waals surface area contributed by atoms with Crippen LogP contribution in [0.15, 0.2) is 24.3 Å². The molecule has 5 nitrogen and oxygen atoms in total. The molecule has 0 aliphatic rings. The zero-order valence-corrected chi connectivity index (χ0v) is 11.3. The number of ether oxygens (including phenoxy) is 1. The van der Waals surface area contributed by atoms with Crippen LogP contribution in [0.1, 0.15) is 16.8 Å². The second kappa shape index (κ2) is 5.56. The average molecular weight is 259 g/mol. The molecule has 0 saturated carbocycles. The van der Waals surface area contributed by atoms with Gasteiger partial charge in [0, 0.05) is 11.8 Å². The quantitative estimate of drug-likeness (QED) is 0.885. The molecule has 0 spiro atoms. The molecule has 5 heteroatoms. The standard InChI is InChI=1S/C14H17N3O2/c1-9-4-5-12(6-10(9)2)19-8-14(18)15-13-7-11(3)16-17-13/h4-7H,8H2,1-3H3,(H2,15,16,17,18). The fraction of sp³-hybridized carbons (Fsp3) is 0.286. The Morgan fingerprint density at radius 1 is 1.26 bits per heavy atom. The number of aromatic amines is 1. The number of hydrogen-bond donors (Lipinski definition) is 2. The summed E-state index contributed by atoms with van der Waals surface area (Å²) in [5.74, 6) is 0.965. The van der Waals surface area contributed by atoms with Crippen molar-refractivity contribution in [2.75, 3.05) is 11.9 Å². The van der Waals surface area contributed by atoms with Crippen LogP contribution >= 0.6 is 0 Å². The molecule has 0 bridgehead atoms. The number of hydrogen-bond acceptors (Lipinski definition) is 3. The van der Waals surface area contributed by atoms with Gasteiger partial charge in [0.15, 0.2) is 12.4 Å². The monoisotopic (exact) mass is 259 g/mol. The van der Waals surface area contributed by atoms with Gasteiger partial charge in [0.2, 0.25) is 0 Å². The number of H-pyrrole nitrogens is 1. The molecular formula is C14H17N3O2. The maximum Gasteiger partial charge on any atom is 0.263 e. The van der Waals surface area contributed by atoms with Crippen LogP contribution < -0.4 is 10.1 Å². The van der Waals surface area contributed by atoms with Crippen molar-refractivity contribution in [3.05, 3.63) is 41.1 Å². The molecule has 0 aliphatic carbocycles. The molecular weight excluding hydrogens is 242 g/mol.